The highest BCUT2D eigenvalue weighted by molar-refractivity contribution is 7.86. The maximum absolute atomic E-state index is 12.5. The third-order valence-corrected chi connectivity index (χ3v) is 5.90. The van der Waals surface area contributed by atoms with Crippen molar-refractivity contribution >= 4 is 10.2 Å². The van der Waals surface area contributed by atoms with Crippen molar-refractivity contribution in [1.82, 2.24) is 8.61 Å². The van der Waals surface area contributed by atoms with E-state index in [-0.39, 0.29) is 6.10 Å². The van der Waals surface area contributed by atoms with Gasteiger partial charge < -0.3 is 4.74 Å². The van der Waals surface area contributed by atoms with Gasteiger partial charge in [0.25, 0.3) is 10.2 Å². The van der Waals surface area contributed by atoms with E-state index in [1.165, 1.54) is 9.87 Å². The second-order valence-electron chi connectivity index (χ2n) is 6.02. The van der Waals surface area contributed by atoms with Gasteiger partial charge in [0.15, 0.2) is 0 Å². The molecular weight excluding hydrogens is 300 g/mol. The van der Waals surface area contributed by atoms with Crippen molar-refractivity contribution in [3.63, 3.8) is 0 Å². The second-order valence-corrected chi connectivity index (χ2v) is 8.16. The molecule has 0 aliphatic carbocycles. The van der Waals surface area contributed by atoms with Crippen LogP contribution in [0, 0.1) is 6.92 Å². The monoisotopic (exact) mass is 326 g/mol. The fourth-order valence-electron chi connectivity index (χ4n) is 2.56. The molecule has 1 aromatic carbocycles. The molecule has 0 bridgehead atoms. The lowest BCUT2D eigenvalue weighted by molar-refractivity contribution is 0.0928. The predicted octanol–water partition coefficient (Wildman–Crippen LogP) is 1.82. The lowest BCUT2D eigenvalue weighted by atomic mass is 10.1. The quantitative estimate of drug-likeness (QED) is 0.768. The van der Waals surface area contributed by atoms with E-state index in [0.29, 0.717) is 19.5 Å². The molecule has 22 heavy (non-hydrogen) atoms. The van der Waals surface area contributed by atoms with Crippen LogP contribution in [0.15, 0.2) is 24.3 Å². The average molecular weight is 326 g/mol. The zero-order valence-corrected chi connectivity index (χ0v) is 14.5. The summed E-state index contributed by atoms with van der Waals surface area (Å²) in [6, 6.07) is 8.23. The minimum absolute atomic E-state index is 0.0211. The van der Waals surface area contributed by atoms with E-state index in [2.05, 4.69) is 24.3 Å². The topological polar surface area (TPSA) is 49.9 Å². The number of rotatable bonds is 7. The van der Waals surface area contributed by atoms with E-state index in [0.717, 1.165) is 25.0 Å². The van der Waals surface area contributed by atoms with Gasteiger partial charge >= 0.3 is 0 Å². The van der Waals surface area contributed by atoms with Gasteiger partial charge in [-0.1, -0.05) is 29.8 Å². The minimum atomic E-state index is -3.42. The molecule has 1 fully saturated rings. The van der Waals surface area contributed by atoms with Gasteiger partial charge in [-0.25, -0.2) is 0 Å². The molecule has 0 aromatic heterocycles. The first-order chi connectivity index (χ1) is 10.4. The van der Waals surface area contributed by atoms with Crippen LogP contribution in [0.1, 0.15) is 24.0 Å². The highest BCUT2D eigenvalue weighted by Gasteiger charge is 2.28. The Hall–Kier alpha value is -0.950. The smallest absolute Gasteiger partial charge is 0.281 e. The van der Waals surface area contributed by atoms with Crippen LogP contribution < -0.4 is 0 Å². The van der Waals surface area contributed by atoms with Crippen molar-refractivity contribution in [2.24, 2.45) is 0 Å². The first-order valence-corrected chi connectivity index (χ1v) is 9.14. The van der Waals surface area contributed by atoms with E-state index in [1.807, 2.05) is 6.92 Å². The van der Waals surface area contributed by atoms with E-state index in [9.17, 15) is 8.42 Å². The Morgan fingerprint density at radius 2 is 1.91 bits per heavy atom. The van der Waals surface area contributed by atoms with Gasteiger partial charge in [-0.05, 0) is 31.7 Å². The van der Waals surface area contributed by atoms with Crippen LogP contribution in [-0.2, 0) is 21.4 Å². The van der Waals surface area contributed by atoms with Crippen LogP contribution in [0.3, 0.4) is 0 Å². The molecule has 1 atom stereocenters. The Bertz CT molecular complexity index is 564. The standard InChI is InChI=1S/C16H26N2O3S/c1-14-6-8-15(9-7-14)10-11-18(22(19,20)17(2)3)13-16-5-4-12-21-16/h6-9,16H,4-5,10-13H2,1-3H3/t16-/m1/s1. The predicted molar refractivity (Wildman–Crippen MR) is 88.0 cm³/mol. The minimum Gasteiger partial charge on any atom is -0.377 e. The van der Waals surface area contributed by atoms with E-state index in [4.69, 9.17) is 4.74 Å². The third kappa shape index (κ3) is 4.52. The average Bonchev–Trinajstić information content (AvgIpc) is 2.97. The molecule has 5 nitrogen and oxygen atoms in total. The summed E-state index contributed by atoms with van der Waals surface area (Å²) in [4.78, 5) is 0. The van der Waals surface area contributed by atoms with Crippen LogP contribution >= 0.6 is 0 Å². The fourth-order valence-corrected chi connectivity index (χ4v) is 3.69. The Balaban J connectivity index is 2.04. The molecule has 0 N–H and O–H groups in total. The number of nitrogens with zero attached hydrogens (tertiary/aromatic N) is 2. The summed E-state index contributed by atoms with van der Waals surface area (Å²) in [5, 5.41) is 0. The summed E-state index contributed by atoms with van der Waals surface area (Å²) in [6.45, 7) is 3.69. The number of hydrogen-bond donors (Lipinski definition) is 0. The number of hydrogen-bond acceptors (Lipinski definition) is 3. The molecule has 1 aliphatic rings. The normalized spacial score (nSPS) is 19.2. The molecular formula is C16H26N2O3S. The third-order valence-electron chi connectivity index (χ3n) is 3.99. The van der Waals surface area contributed by atoms with Crippen molar-refractivity contribution in [2.75, 3.05) is 33.8 Å². The molecule has 1 saturated heterocycles. The lowest BCUT2D eigenvalue weighted by Gasteiger charge is -2.27. The SMILES string of the molecule is Cc1ccc(CCN(C[C@H]2CCCO2)S(=O)(=O)N(C)C)cc1. The number of ether oxygens (including phenoxy) is 1. The van der Waals surface area contributed by atoms with Crippen molar-refractivity contribution < 1.29 is 13.2 Å². The van der Waals surface area contributed by atoms with Gasteiger partial charge in [0.05, 0.1) is 6.10 Å². The number of benzene rings is 1. The molecule has 0 amide bonds. The highest BCUT2D eigenvalue weighted by Crippen LogP contribution is 2.17. The summed E-state index contributed by atoms with van der Waals surface area (Å²) >= 11 is 0. The molecule has 0 saturated carbocycles. The molecule has 1 heterocycles. The summed E-state index contributed by atoms with van der Waals surface area (Å²) in [6.07, 6.45) is 2.68. The molecule has 2 rings (SSSR count). The molecule has 124 valence electrons. The van der Waals surface area contributed by atoms with Gasteiger partial charge in [-0.2, -0.15) is 17.0 Å². The van der Waals surface area contributed by atoms with Gasteiger partial charge in [-0.15, -0.1) is 0 Å². The van der Waals surface area contributed by atoms with Crippen LogP contribution in [0.4, 0.5) is 0 Å². The molecule has 6 heteroatoms. The summed E-state index contributed by atoms with van der Waals surface area (Å²) < 4.78 is 33.4. The van der Waals surface area contributed by atoms with Gasteiger partial charge in [0.1, 0.15) is 0 Å². The Labute approximate surface area is 134 Å². The molecule has 1 aromatic rings. The zero-order chi connectivity index (χ0) is 16.2. The molecule has 0 unspecified atom stereocenters. The Morgan fingerprint density at radius 1 is 1.23 bits per heavy atom. The van der Waals surface area contributed by atoms with Crippen LogP contribution in [0.2, 0.25) is 0 Å². The van der Waals surface area contributed by atoms with Crippen molar-refractivity contribution in [3.05, 3.63) is 35.4 Å². The summed E-state index contributed by atoms with van der Waals surface area (Å²) in [5.41, 5.74) is 2.36. The Morgan fingerprint density at radius 3 is 2.45 bits per heavy atom. The van der Waals surface area contributed by atoms with Crippen LogP contribution in [-0.4, -0.2) is 56.9 Å². The first-order valence-electron chi connectivity index (χ1n) is 7.74. The summed E-state index contributed by atoms with van der Waals surface area (Å²) in [7, 11) is -0.272. The second kappa shape index (κ2) is 7.55. The largest absolute Gasteiger partial charge is 0.377 e. The molecule has 0 radical (unpaired) electrons. The zero-order valence-electron chi connectivity index (χ0n) is 13.7. The van der Waals surface area contributed by atoms with E-state index < -0.39 is 10.2 Å². The fraction of sp³-hybridized carbons (Fsp3) is 0.625. The van der Waals surface area contributed by atoms with E-state index in [1.54, 1.807) is 18.4 Å². The molecule has 0 spiro atoms. The highest BCUT2D eigenvalue weighted by atomic mass is 32.2. The van der Waals surface area contributed by atoms with Crippen LogP contribution in [0.5, 0.6) is 0 Å². The first kappa shape index (κ1) is 17.4. The van der Waals surface area contributed by atoms with Crippen molar-refractivity contribution in [3.8, 4) is 0 Å². The van der Waals surface area contributed by atoms with Crippen molar-refractivity contribution in [1.29, 1.82) is 0 Å². The van der Waals surface area contributed by atoms with E-state index >= 15 is 0 Å². The number of aryl methyl sites for hydroxylation is 1. The molecule has 1 aliphatic heterocycles. The van der Waals surface area contributed by atoms with Crippen molar-refractivity contribution in [2.45, 2.75) is 32.3 Å². The van der Waals surface area contributed by atoms with Gasteiger partial charge in [0, 0.05) is 33.8 Å². The lowest BCUT2D eigenvalue weighted by Crippen LogP contribution is -2.44. The Kier molecular flexibility index (Phi) is 5.97. The van der Waals surface area contributed by atoms with Crippen LogP contribution in [0.25, 0.3) is 0 Å². The van der Waals surface area contributed by atoms with Gasteiger partial charge in [-0.3, -0.25) is 0 Å². The maximum atomic E-state index is 12.5. The van der Waals surface area contributed by atoms with Gasteiger partial charge in [0.2, 0.25) is 0 Å². The maximum Gasteiger partial charge on any atom is 0.281 e. The summed E-state index contributed by atoms with van der Waals surface area (Å²) in [5.74, 6) is 0.